The van der Waals surface area contributed by atoms with Crippen LogP contribution >= 0.6 is 11.6 Å². The van der Waals surface area contributed by atoms with E-state index in [0.717, 1.165) is 80.1 Å². The van der Waals surface area contributed by atoms with E-state index in [0.29, 0.717) is 30.3 Å². The summed E-state index contributed by atoms with van der Waals surface area (Å²) in [5.41, 5.74) is 16.8. The van der Waals surface area contributed by atoms with Crippen LogP contribution in [0.1, 0.15) is 119 Å². The van der Waals surface area contributed by atoms with Crippen molar-refractivity contribution in [3.8, 4) is 40.4 Å². The number of benzene rings is 5. The summed E-state index contributed by atoms with van der Waals surface area (Å²) in [6, 6.07) is 39.5. The zero-order chi connectivity index (χ0) is 51.9. The maximum Gasteiger partial charge on any atom is 0.409 e. The van der Waals surface area contributed by atoms with E-state index in [9.17, 15) is 30.2 Å². The van der Waals surface area contributed by atoms with Crippen molar-refractivity contribution in [3.05, 3.63) is 142 Å². The molecule has 1 amide bonds. The number of aryl methyl sites for hydroxylation is 2. The molecule has 11 rings (SSSR count). The lowest BCUT2D eigenvalue weighted by molar-refractivity contribution is -0.384. The van der Waals surface area contributed by atoms with Gasteiger partial charge in [0.25, 0.3) is 5.69 Å². The molecular weight excluding hydrogens is 938 g/mol. The highest BCUT2D eigenvalue weighted by Gasteiger charge is 2.31. The van der Waals surface area contributed by atoms with Crippen LogP contribution in [0.5, 0.6) is 5.75 Å². The Morgan fingerprint density at radius 2 is 1.21 bits per heavy atom. The molecule has 376 valence electrons. The van der Waals surface area contributed by atoms with Crippen LogP contribution in [0.15, 0.2) is 109 Å². The number of fused-ring (bicyclic) bond motifs is 2. The van der Waals surface area contributed by atoms with E-state index in [1.54, 1.807) is 0 Å². The summed E-state index contributed by atoms with van der Waals surface area (Å²) in [4.78, 5) is 32.3. The van der Waals surface area contributed by atoms with E-state index in [-0.39, 0.29) is 23.4 Å². The summed E-state index contributed by atoms with van der Waals surface area (Å²) >= 11 is 4.92. The van der Waals surface area contributed by atoms with Gasteiger partial charge in [-0.15, -0.1) is 0 Å². The maximum atomic E-state index is 12.4. The van der Waals surface area contributed by atoms with Gasteiger partial charge in [-0.25, -0.2) is 4.79 Å². The number of halogens is 1. The van der Waals surface area contributed by atoms with Crippen molar-refractivity contribution in [1.29, 1.82) is 10.5 Å². The van der Waals surface area contributed by atoms with Crippen LogP contribution in [-0.4, -0.2) is 36.6 Å². The Bertz CT molecular complexity index is 3200. The molecule has 2 unspecified atom stereocenters. The van der Waals surface area contributed by atoms with Gasteiger partial charge < -0.3 is 30.0 Å². The molecule has 7 aromatic rings. The average molecular weight is 1000 g/mol. The van der Waals surface area contributed by atoms with Gasteiger partial charge in [-0.3, -0.25) is 14.9 Å². The van der Waals surface area contributed by atoms with Crippen molar-refractivity contribution in [2.45, 2.75) is 117 Å². The molecule has 2 heterocycles. The van der Waals surface area contributed by atoms with Gasteiger partial charge in [-0.05, 0) is 174 Å². The molecule has 4 aliphatic rings. The first-order valence-corrected chi connectivity index (χ1v) is 25.7. The molecule has 2 atom stereocenters. The normalized spacial score (nSPS) is 15.8. The van der Waals surface area contributed by atoms with Crippen LogP contribution < -0.4 is 15.8 Å². The van der Waals surface area contributed by atoms with Gasteiger partial charge in [0, 0.05) is 64.4 Å². The molecule has 14 heteroatoms. The molecule has 2 aromatic heterocycles. The number of amides is 1. The van der Waals surface area contributed by atoms with Gasteiger partial charge in [0.2, 0.25) is 5.91 Å². The van der Waals surface area contributed by atoms with Crippen LogP contribution in [0.3, 0.4) is 0 Å². The Morgan fingerprint density at radius 1 is 0.740 bits per heavy atom. The quantitative estimate of drug-likeness (QED) is 0.0488. The van der Waals surface area contributed by atoms with Crippen molar-refractivity contribution < 1.29 is 24.4 Å². The van der Waals surface area contributed by atoms with Gasteiger partial charge in [0.05, 0.1) is 44.6 Å². The third-order valence-corrected chi connectivity index (χ3v) is 14.6. The summed E-state index contributed by atoms with van der Waals surface area (Å²) < 4.78 is 9.22. The van der Waals surface area contributed by atoms with Crippen LogP contribution in [0.25, 0.3) is 44.3 Å². The lowest BCUT2D eigenvalue weighted by Gasteiger charge is -2.30. The number of nitrogen functional groups attached to an aromatic ring is 1. The molecule has 13 nitrogen and oxygen atoms in total. The molecule has 4 aliphatic carbocycles. The smallest absolute Gasteiger partial charge is 0.409 e. The Labute approximate surface area is 431 Å². The minimum Gasteiger partial charge on any atom is -0.414 e. The fourth-order valence-electron chi connectivity index (χ4n) is 9.68. The third-order valence-electron chi connectivity index (χ3n) is 14.5. The zero-order valence-corrected chi connectivity index (χ0v) is 42.6. The molecular formula is C59H62ClN7O6. The highest BCUT2D eigenvalue weighted by Crippen LogP contribution is 2.45. The summed E-state index contributed by atoms with van der Waals surface area (Å²) in [5.74, 6) is 2.10. The SMILES string of the molecule is CC(O)C1CC1.Cc1ccc2c(C#N)c(-c3ccc(N)cc3)n(C3CCC3)c2c1.Cc1ccc2c(C#N)c(-c3ccc(NC(=O)CC(C)C4CC4)cc3)n(C3CCC3)c2c1.O=C(Cl)Oc1ccc([N+](=O)[O-])cc1. The number of aliphatic hydroxyl groups is 1. The van der Waals surface area contributed by atoms with E-state index in [1.807, 2.05) is 55.5 Å². The Morgan fingerprint density at radius 3 is 1.58 bits per heavy atom. The van der Waals surface area contributed by atoms with E-state index in [1.165, 1.54) is 92.3 Å². The topological polar surface area (TPSA) is 202 Å². The summed E-state index contributed by atoms with van der Waals surface area (Å²) in [5, 5.41) is 43.8. The van der Waals surface area contributed by atoms with Crippen molar-refractivity contribution in [1.82, 2.24) is 9.13 Å². The van der Waals surface area contributed by atoms with E-state index in [2.05, 4.69) is 88.5 Å². The van der Waals surface area contributed by atoms with Crippen LogP contribution in [0.4, 0.5) is 21.9 Å². The fraction of sp³-hybridized carbons (Fsp3) is 0.356. The van der Waals surface area contributed by atoms with E-state index >= 15 is 0 Å². The molecule has 0 bridgehead atoms. The second-order valence-corrected chi connectivity index (χ2v) is 20.4. The van der Waals surface area contributed by atoms with Crippen LogP contribution in [0.2, 0.25) is 0 Å². The number of non-ortho nitro benzene ring substituents is 1. The fourth-order valence-corrected chi connectivity index (χ4v) is 9.77. The number of carbonyl (C=O) groups excluding carboxylic acids is 2. The number of nitro benzene ring substituents is 1. The first-order valence-electron chi connectivity index (χ1n) is 25.3. The Balaban J connectivity index is 0.000000148. The second-order valence-electron chi connectivity index (χ2n) is 20.1. The summed E-state index contributed by atoms with van der Waals surface area (Å²) in [7, 11) is 0. The zero-order valence-electron chi connectivity index (χ0n) is 41.8. The number of rotatable bonds is 11. The second kappa shape index (κ2) is 23.0. The number of nitriles is 2. The standard InChI is InChI=1S/C27H29N3O.C20H19N3.C7H4ClNO4.C5H10O/c1-17-6-13-23-24(16-28)27(30(25(23)14-17)22-4-3-5-22)20-9-11-21(12-10-20)29-26(31)15-18(2)19-7-8-19;1-13-5-10-17-18(12-21)20(14-6-8-15(22)9-7-14)23(19(17)11-13)16-3-2-4-16;8-7(10)13-6-3-1-5(2-4-6)9(11)12;1-4(6)5-2-3-5/h6,9-14,18-19,22H,3-5,7-8,15H2,1-2H3,(H,29,31);5-11,16H,2-4,22H2,1H3;1-4H;4-6H,2-3H2,1H3. The molecule has 0 radical (unpaired) electrons. The molecule has 5 aromatic carbocycles. The van der Waals surface area contributed by atoms with Crippen LogP contribution in [0, 0.1) is 64.4 Å². The number of nitrogens with two attached hydrogens (primary N) is 1. The Kier molecular flexibility index (Phi) is 16.3. The number of carbonyl (C=O) groups is 2. The van der Waals surface area contributed by atoms with Crippen molar-refractivity contribution in [3.63, 3.8) is 0 Å². The highest BCUT2D eigenvalue weighted by atomic mass is 35.5. The Hall–Kier alpha value is -7.45. The molecule has 0 saturated heterocycles. The van der Waals surface area contributed by atoms with Gasteiger partial charge in [-0.2, -0.15) is 10.5 Å². The summed E-state index contributed by atoms with van der Waals surface area (Å²) in [6.07, 6.45) is 12.7. The number of aromatic nitrogens is 2. The highest BCUT2D eigenvalue weighted by molar-refractivity contribution is 6.61. The average Bonchev–Trinajstić information content (AvgIpc) is 4.28. The number of hydrogen-bond donors (Lipinski definition) is 3. The molecule has 0 spiro atoms. The first-order chi connectivity index (χ1) is 35.1. The van der Waals surface area contributed by atoms with E-state index in [4.69, 9.17) is 22.4 Å². The van der Waals surface area contributed by atoms with Crippen molar-refractivity contribution >= 4 is 61.8 Å². The number of hydrogen-bond acceptors (Lipinski definition) is 9. The predicted molar refractivity (Wildman–Crippen MR) is 288 cm³/mol. The molecule has 4 saturated carbocycles. The van der Waals surface area contributed by atoms with Crippen molar-refractivity contribution in [2.24, 2.45) is 17.8 Å². The van der Waals surface area contributed by atoms with Gasteiger partial charge >= 0.3 is 5.43 Å². The maximum absolute atomic E-state index is 12.4. The number of nitrogens with one attached hydrogen (secondary N) is 1. The minimum atomic E-state index is -0.978. The largest absolute Gasteiger partial charge is 0.414 e. The molecule has 0 aliphatic heterocycles. The van der Waals surface area contributed by atoms with Gasteiger partial charge in [0.15, 0.2) is 0 Å². The summed E-state index contributed by atoms with van der Waals surface area (Å²) in [6.45, 7) is 8.24. The van der Waals surface area contributed by atoms with Gasteiger partial charge in [0.1, 0.15) is 17.9 Å². The molecule has 73 heavy (non-hydrogen) atoms. The van der Waals surface area contributed by atoms with Crippen molar-refractivity contribution in [2.75, 3.05) is 11.1 Å². The lowest BCUT2D eigenvalue weighted by Crippen LogP contribution is -2.18. The minimum absolute atomic E-state index is 0.0370. The number of ether oxygens (including phenoxy) is 1. The predicted octanol–water partition coefficient (Wildman–Crippen LogP) is 14.5. The lowest BCUT2D eigenvalue weighted by atomic mass is 9.92. The number of nitro groups is 1. The third kappa shape index (κ3) is 12.4. The van der Waals surface area contributed by atoms with Gasteiger partial charge in [-0.1, -0.05) is 55.5 Å². The monoisotopic (exact) mass is 999 g/mol. The number of nitrogens with zero attached hydrogens (tertiary/aromatic N) is 5. The molecule has 4 N–H and O–H groups in total. The molecule has 4 fully saturated rings. The first kappa shape index (κ1) is 51.9. The number of anilines is 2. The number of aliphatic hydroxyl groups excluding tert-OH is 1. The van der Waals surface area contributed by atoms with E-state index < -0.39 is 10.4 Å². The van der Waals surface area contributed by atoms with Crippen LogP contribution in [-0.2, 0) is 4.79 Å².